The van der Waals surface area contributed by atoms with Gasteiger partial charge in [0, 0.05) is 0 Å². The van der Waals surface area contributed by atoms with Gasteiger partial charge in [-0.15, -0.1) is 0 Å². The predicted octanol–water partition coefficient (Wildman–Crippen LogP) is -5.02. The Kier molecular flexibility index (Phi) is 7.15. The Hall–Kier alpha value is -1.50. The van der Waals surface area contributed by atoms with Gasteiger partial charge in [-0.1, -0.05) is 30.3 Å². The number of benzene rings is 1. The van der Waals surface area contributed by atoms with E-state index in [1.807, 2.05) is 5.73 Å². The van der Waals surface area contributed by atoms with E-state index >= 15 is 0 Å². The zero-order chi connectivity index (χ0) is 19.5. The number of hydrogen-bond donors (Lipinski definition) is 3. The molecule has 10 nitrogen and oxygen atoms in total. The fraction of sp³-hybridized carbons (Fsp3) is 0.357. The quantitative estimate of drug-likeness (QED) is 0.237. The summed E-state index contributed by atoms with van der Waals surface area (Å²) in [6, 6.07) is 4.95. The van der Waals surface area contributed by atoms with Crippen LogP contribution in [0, 0.1) is 0 Å². The number of nitrogens with one attached hydrogen (secondary N) is 2. The first-order valence-corrected chi connectivity index (χ1v) is 8.62. The van der Waals surface area contributed by atoms with E-state index in [0.717, 1.165) is 0 Å². The molecule has 0 saturated carbocycles. The van der Waals surface area contributed by atoms with Crippen LogP contribution in [0.15, 0.2) is 30.3 Å². The molecule has 1 saturated heterocycles. The topological polar surface area (TPSA) is 162 Å². The number of rotatable bonds is 7. The van der Waals surface area contributed by atoms with Gasteiger partial charge in [0.2, 0.25) is 11.8 Å². The van der Waals surface area contributed by atoms with Crippen LogP contribution in [0.25, 0.3) is 0 Å². The second-order valence-corrected chi connectivity index (χ2v) is 6.76. The van der Waals surface area contributed by atoms with Crippen LogP contribution in [-0.4, -0.2) is 53.6 Å². The van der Waals surface area contributed by atoms with Gasteiger partial charge in [0.15, 0.2) is 10.3 Å². The van der Waals surface area contributed by atoms with Crippen LogP contribution < -0.4 is 45.9 Å². The summed E-state index contributed by atoms with van der Waals surface area (Å²) in [6.07, 6.45) is 0. The van der Waals surface area contributed by atoms with Gasteiger partial charge in [-0.2, -0.15) is 0 Å². The maximum atomic E-state index is 12.5. The van der Waals surface area contributed by atoms with Crippen molar-refractivity contribution in [2.75, 3.05) is 6.54 Å². The summed E-state index contributed by atoms with van der Waals surface area (Å²) in [5.41, 5.74) is 2.42. The number of β-lactam (4-membered cyclic amide) rings is 1. The zero-order valence-electron chi connectivity index (χ0n) is 15.1. The Bertz CT molecular complexity index is 809. The molecule has 1 aromatic rings. The first kappa shape index (κ1) is 20.8. The normalized spacial score (nSPS) is 19.3. The largest absolute Gasteiger partial charge is 1.00 e. The van der Waals surface area contributed by atoms with Crippen molar-refractivity contribution < 1.29 is 58.3 Å². The second kappa shape index (κ2) is 8.93. The minimum Gasteiger partial charge on any atom is -0.731 e. The van der Waals surface area contributed by atoms with Gasteiger partial charge >= 0.3 is 29.6 Å². The number of amides is 3. The average Bonchev–Trinajstić information content (AvgIpc) is 2.60. The van der Waals surface area contributed by atoms with Crippen molar-refractivity contribution in [2.45, 2.75) is 25.0 Å². The van der Waals surface area contributed by atoms with E-state index in [9.17, 15) is 27.4 Å². The minimum absolute atomic E-state index is 0. The Morgan fingerprint density at radius 1 is 1.35 bits per heavy atom. The van der Waals surface area contributed by atoms with E-state index in [1.165, 1.54) is 6.92 Å². The summed E-state index contributed by atoms with van der Waals surface area (Å²) in [5.74, 6) is -2.40. The van der Waals surface area contributed by atoms with Crippen LogP contribution in [0.4, 0.5) is 0 Å². The van der Waals surface area contributed by atoms with Gasteiger partial charge < -0.3 is 20.9 Å². The molecule has 4 N–H and O–H groups in total. The average molecular weight is 393 g/mol. The Morgan fingerprint density at radius 3 is 2.46 bits per heavy atom. The molecule has 1 aromatic carbocycles. The van der Waals surface area contributed by atoms with Crippen LogP contribution in [-0.2, 0) is 24.7 Å². The van der Waals surface area contributed by atoms with Crippen LogP contribution in [0.3, 0.4) is 0 Å². The van der Waals surface area contributed by atoms with E-state index in [2.05, 4.69) is 10.6 Å². The summed E-state index contributed by atoms with van der Waals surface area (Å²) in [4.78, 5) is 36.2. The Labute approximate surface area is 174 Å². The van der Waals surface area contributed by atoms with Crippen LogP contribution in [0.2, 0.25) is 1.41 Å². The molecule has 26 heavy (non-hydrogen) atoms. The van der Waals surface area contributed by atoms with Gasteiger partial charge in [0.25, 0.3) is 5.91 Å². The molecule has 3 atom stereocenters. The molecule has 1 aliphatic heterocycles. The SMILES string of the molecule is [2H]N[C@H](C)C(=O)NC(C(=O)NC1CN(S(=O)(=O)[O-])C1=O)c1ccccc1.[Na+]. The standard InChI is InChI=1S/C14H18N4O6S.Na/c1-8(15)12(19)17-11(9-5-3-2-4-6-9)13(20)16-10-7-18(14(10)21)25(22,23)24;/h2-6,8,10-11H,7,15H2,1H3,(H,16,20)(H,17,19)(H,22,23,24);/q;+1/p-1/t8-,10?,11?;/m1./s1/i/hD. The van der Waals surface area contributed by atoms with E-state index in [1.54, 1.807) is 30.3 Å². The molecule has 2 rings (SSSR count). The van der Waals surface area contributed by atoms with Crippen molar-refractivity contribution in [3.63, 3.8) is 0 Å². The van der Waals surface area contributed by atoms with Gasteiger partial charge in [0.05, 0.1) is 12.6 Å². The van der Waals surface area contributed by atoms with Crippen molar-refractivity contribution in [2.24, 2.45) is 5.73 Å². The minimum atomic E-state index is -4.91. The van der Waals surface area contributed by atoms with E-state index in [-0.39, 0.29) is 33.9 Å². The summed E-state index contributed by atoms with van der Waals surface area (Å²) in [6.45, 7) is 0.964. The molecule has 136 valence electrons. The molecule has 0 spiro atoms. The summed E-state index contributed by atoms with van der Waals surface area (Å²) in [5, 5.41) is 4.77. The molecule has 1 fully saturated rings. The Morgan fingerprint density at radius 2 is 1.96 bits per heavy atom. The first-order chi connectivity index (χ1) is 12.1. The maximum Gasteiger partial charge on any atom is 1.00 e. The number of nitrogens with zero attached hydrogens (tertiary/aromatic N) is 1. The smallest absolute Gasteiger partial charge is 0.731 e. The molecule has 3 amide bonds. The van der Waals surface area contributed by atoms with Crippen molar-refractivity contribution >= 4 is 28.0 Å². The predicted molar refractivity (Wildman–Crippen MR) is 84.3 cm³/mol. The van der Waals surface area contributed by atoms with Gasteiger partial charge in [-0.25, -0.2) is 12.7 Å². The summed E-state index contributed by atoms with van der Waals surface area (Å²) >= 11 is 0. The van der Waals surface area contributed by atoms with Crippen molar-refractivity contribution in [3.8, 4) is 0 Å². The number of carbonyl (C=O) groups is 3. The maximum absolute atomic E-state index is 12.5. The first-order valence-electron chi connectivity index (χ1n) is 7.75. The third-order valence-electron chi connectivity index (χ3n) is 3.55. The molecule has 0 aromatic heterocycles. The van der Waals surface area contributed by atoms with Gasteiger partial charge in [-0.05, 0) is 12.5 Å². The van der Waals surface area contributed by atoms with Crippen molar-refractivity contribution in [1.29, 1.82) is 0 Å². The van der Waals surface area contributed by atoms with E-state index < -0.39 is 52.7 Å². The number of nitrogens with two attached hydrogens (primary N) is 1. The molecule has 1 heterocycles. The fourth-order valence-electron chi connectivity index (χ4n) is 2.17. The molecular weight excluding hydrogens is 375 g/mol. The third kappa shape index (κ3) is 5.25. The third-order valence-corrected chi connectivity index (χ3v) is 4.42. The molecule has 12 heteroatoms. The van der Waals surface area contributed by atoms with Crippen molar-refractivity contribution in [1.82, 2.24) is 14.9 Å². The number of carbonyl (C=O) groups excluding carboxylic acids is 3. The van der Waals surface area contributed by atoms with E-state index in [0.29, 0.717) is 5.56 Å². The van der Waals surface area contributed by atoms with Crippen LogP contribution in [0.5, 0.6) is 0 Å². The second-order valence-electron chi connectivity index (χ2n) is 5.46. The van der Waals surface area contributed by atoms with Crippen LogP contribution in [0.1, 0.15) is 18.5 Å². The fourth-order valence-corrected chi connectivity index (χ4v) is 2.85. The van der Waals surface area contributed by atoms with Gasteiger partial charge in [-0.3, -0.25) is 14.4 Å². The van der Waals surface area contributed by atoms with Crippen molar-refractivity contribution in [3.05, 3.63) is 35.9 Å². The molecule has 2 unspecified atom stereocenters. The van der Waals surface area contributed by atoms with E-state index in [4.69, 9.17) is 1.41 Å². The summed E-state index contributed by atoms with van der Waals surface area (Å²) < 4.78 is 39.6. The molecule has 1 aliphatic rings. The zero-order valence-corrected chi connectivity index (χ0v) is 16.9. The van der Waals surface area contributed by atoms with Crippen LogP contribution >= 0.6 is 0 Å². The molecular formula is C14H17N4NaO6S. The molecule has 0 aliphatic carbocycles. The summed E-state index contributed by atoms with van der Waals surface area (Å²) in [7, 11) is -4.91. The number of hydrogen-bond acceptors (Lipinski definition) is 7. The van der Waals surface area contributed by atoms with Gasteiger partial charge in [0.1, 0.15) is 13.5 Å². The molecule has 0 bridgehead atoms. The molecule has 0 radical (unpaired) electrons. The monoisotopic (exact) mass is 393 g/mol. The Balaban J connectivity index is 0.00000364.